The Morgan fingerprint density at radius 1 is 0.906 bits per heavy atom. The van der Waals surface area contributed by atoms with E-state index in [2.05, 4.69) is 20.8 Å². The second kappa shape index (κ2) is 9.13. The number of hydrogen-bond donors (Lipinski definition) is 3. The lowest BCUT2D eigenvalue weighted by Crippen LogP contribution is -2.15. The Bertz CT molecular complexity index is 1270. The molecule has 0 aliphatic rings. The quantitative estimate of drug-likeness (QED) is 0.412. The van der Waals surface area contributed by atoms with Crippen molar-refractivity contribution < 1.29 is 18.7 Å². The van der Waals surface area contributed by atoms with Crippen LogP contribution in [0.4, 0.5) is 15.8 Å². The molecule has 2 amide bonds. The topological polar surface area (TPSA) is 96.1 Å². The molecule has 0 aliphatic carbocycles. The van der Waals surface area contributed by atoms with Gasteiger partial charge in [-0.1, -0.05) is 36.4 Å². The lowest BCUT2D eigenvalue weighted by Gasteiger charge is -2.13. The van der Waals surface area contributed by atoms with Crippen LogP contribution in [-0.4, -0.2) is 29.1 Å². The fraction of sp³-hybridized carbons (Fsp3) is 0.0417. The third-order valence-corrected chi connectivity index (χ3v) is 4.68. The summed E-state index contributed by atoms with van der Waals surface area (Å²) in [6.45, 7) is 0. The maximum absolute atomic E-state index is 13.4. The van der Waals surface area contributed by atoms with Crippen molar-refractivity contribution >= 4 is 23.2 Å². The van der Waals surface area contributed by atoms with Gasteiger partial charge >= 0.3 is 0 Å². The Morgan fingerprint density at radius 3 is 2.47 bits per heavy atom. The third-order valence-electron chi connectivity index (χ3n) is 4.68. The average molecular weight is 430 g/mol. The van der Waals surface area contributed by atoms with Crippen molar-refractivity contribution in [2.24, 2.45) is 0 Å². The Kier molecular flexibility index (Phi) is 5.94. The molecule has 4 rings (SSSR count). The molecule has 0 radical (unpaired) electrons. The molecule has 3 aromatic carbocycles. The molecule has 1 aromatic heterocycles. The number of carbonyl (C=O) groups is 2. The zero-order valence-electron chi connectivity index (χ0n) is 17.1. The highest BCUT2D eigenvalue weighted by Gasteiger charge is 2.15. The minimum atomic E-state index is -0.514. The number of H-pyrrole nitrogens is 1. The molecule has 4 aromatic rings. The maximum atomic E-state index is 13.4. The first-order valence-electron chi connectivity index (χ1n) is 9.70. The van der Waals surface area contributed by atoms with E-state index in [1.807, 2.05) is 30.3 Å². The molecule has 0 saturated heterocycles. The van der Waals surface area contributed by atoms with E-state index in [-0.39, 0.29) is 11.3 Å². The molecule has 160 valence electrons. The third kappa shape index (κ3) is 4.65. The molecule has 0 aliphatic heterocycles. The molecule has 7 nitrogen and oxygen atoms in total. The van der Waals surface area contributed by atoms with E-state index in [9.17, 15) is 14.0 Å². The molecule has 0 spiro atoms. The van der Waals surface area contributed by atoms with Crippen molar-refractivity contribution in [1.29, 1.82) is 0 Å². The van der Waals surface area contributed by atoms with Crippen LogP contribution in [0, 0.1) is 5.82 Å². The number of aromatic nitrogens is 2. The highest BCUT2D eigenvalue weighted by atomic mass is 19.1. The van der Waals surface area contributed by atoms with Gasteiger partial charge in [0.1, 0.15) is 17.3 Å². The summed E-state index contributed by atoms with van der Waals surface area (Å²) in [7, 11) is 1.46. The second-order valence-electron chi connectivity index (χ2n) is 6.87. The average Bonchev–Trinajstić information content (AvgIpc) is 3.30. The summed E-state index contributed by atoms with van der Waals surface area (Å²) < 4.78 is 18.7. The minimum Gasteiger partial charge on any atom is -0.495 e. The summed E-state index contributed by atoms with van der Waals surface area (Å²) in [5.41, 5.74) is 2.73. The highest BCUT2D eigenvalue weighted by molar-refractivity contribution is 6.06. The van der Waals surface area contributed by atoms with Gasteiger partial charge in [-0.3, -0.25) is 14.7 Å². The van der Waals surface area contributed by atoms with Crippen LogP contribution in [0.5, 0.6) is 5.75 Å². The van der Waals surface area contributed by atoms with Crippen molar-refractivity contribution in [3.8, 4) is 17.0 Å². The molecule has 8 heteroatoms. The number of rotatable bonds is 6. The van der Waals surface area contributed by atoms with Crippen LogP contribution in [0.1, 0.15) is 20.8 Å². The monoisotopic (exact) mass is 430 g/mol. The van der Waals surface area contributed by atoms with Crippen LogP contribution in [-0.2, 0) is 0 Å². The van der Waals surface area contributed by atoms with Crippen molar-refractivity contribution in [3.05, 3.63) is 95.9 Å². The predicted molar refractivity (Wildman–Crippen MR) is 119 cm³/mol. The standard InChI is InChI=1S/C24H19FN4O3/c1-32-22-11-10-18(13-20(22)27-23(30)16-8-5-9-17(25)12-16)26-24(31)21-14-19(28-29-21)15-6-3-2-4-7-15/h2-14H,1H3,(H,26,31)(H,27,30)(H,28,29). The van der Waals surface area contributed by atoms with Gasteiger partial charge in [-0.05, 0) is 42.5 Å². The van der Waals surface area contributed by atoms with Gasteiger partial charge in [-0.25, -0.2) is 4.39 Å². The summed E-state index contributed by atoms with van der Waals surface area (Å²) in [6, 6.07) is 21.3. The van der Waals surface area contributed by atoms with E-state index >= 15 is 0 Å². The molecule has 0 saturated carbocycles. The summed E-state index contributed by atoms with van der Waals surface area (Å²) in [5.74, 6) is -1.03. The highest BCUT2D eigenvalue weighted by Crippen LogP contribution is 2.29. The molecule has 3 N–H and O–H groups in total. The van der Waals surface area contributed by atoms with Crippen LogP contribution in [0.2, 0.25) is 0 Å². The molecule has 32 heavy (non-hydrogen) atoms. The lowest BCUT2D eigenvalue weighted by atomic mass is 10.1. The number of amides is 2. The Balaban J connectivity index is 1.51. The number of halogens is 1. The molecule has 1 heterocycles. The Hall–Kier alpha value is -4.46. The number of ether oxygens (including phenoxy) is 1. The van der Waals surface area contributed by atoms with Crippen molar-refractivity contribution in [1.82, 2.24) is 10.2 Å². The zero-order chi connectivity index (χ0) is 22.5. The summed E-state index contributed by atoms with van der Waals surface area (Å²) in [6.07, 6.45) is 0. The summed E-state index contributed by atoms with van der Waals surface area (Å²) in [4.78, 5) is 25.2. The number of hydrogen-bond acceptors (Lipinski definition) is 4. The van der Waals surface area contributed by atoms with E-state index in [1.54, 1.807) is 24.3 Å². The smallest absolute Gasteiger partial charge is 0.273 e. The molecule has 0 unspecified atom stereocenters. The molecular formula is C24H19FN4O3. The largest absolute Gasteiger partial charge is 0.495 e. The Morgan fingerprint density at radius 2 is 1.72 bits per heavy atom. The maximum Gasteiger partial charge on any atom is 0.273 e. The van der Waals surface area contributed by atoms with Crippen molar-refractivity contribution in [3.63, 3.8) is 0 Å². The number of methoxy groups -OCH3 is 1. The van der Waals surface area contributed by atoms with Gasteiger partial charge in [0.2, 0.25) is 0 Å². The van der Waals surface area contributed by atoms with E-state index in [4.69, 9.17) is 4.74 Å². The number of benzene rings is 3. The van der Waals surface area contributed by atoms with Crippen LogP contribution in [0.3, 0.4) is 0 Å². The first-order valence-corrected chi connectivity index (χ1v) is 9.70. The predicted octanol–water partition coefficient (Wildman–Crippen LogP) is 4.73. The zero-order valence-corrected chi connectivity index (χ0v) is 17.1. The van der Waals surface area contributed by atoms with Gasteiger partial charge < -0.3 is 15.4 Å². The molecular weight excluding hydrogens is 411 g/mol. The molecule has 0 atom stereocenters. The molecule has 0 fully saturated rings. The first kappa shape index (κ1) is 20.8. The van der Waals surface area contributed by atoms with E-state index < -0.39 is 17.6 Å². The van der Waals surface area contributed by atoms with Crippen molar-refractivity contribution in [2.75, 3.05) is 17.7 Å². The Labute approximate surface area is 183 Å². The number of carbonyl (C=O) groups excluding carboxylic acids is 2. The van der Waals surface area contributed by atoms with E-state index in [0.717, 1.165) is 11.6 Å². The second-order valence-corrected chi connectivity index (χ2v) is 6.87. The fourth-order valence-corrected chi connectivity index (χ4v) is 3.10. The minimum absolute atomic E-state index is 0.160. The number of nitrogens with one attached hydrogen (secondary N) is 3. The van der Waals surface area contributed by atoms with Crippen LogP contribution >= 0.6 is 0 Å². The van der Waals surface area contributed by atoms with Crippen LogP contribution in [0.25, 0.3) is 11.3 Å². The SMILES string of the molecule is COc1ccc(NC(=O)c2cc(-c3ccccc3)n[nH]2)cc1NC(=O)c1cccc(F)c1. The van der Waals surface area contributed by atoms with Crippen LogP contribution < -0.4 is 15.4 Å². The van der Waals surface area contributed by atoms with Gasteiger partial charge in [0.25, 0.3) is 11.8 Å². The van der Waals surface area contributed by atoms with Crippen LogP contribution in [0.15, 0.2) is 78.9 Å². The molecule has 0 bridgehead atoms. The lowest BCUT2D eigenvalue weighted by molar-refractivity contribution is 0.101. The summed E-state index contributed by atoms with van der Waals surface area (Å²) in [5, 5.41) is 12.4. The van der Waals surface area contributed by atoms with Gasteiger partial charge in [-0.15, -0.1) is 0 Å². The number of aromatic amines is 1. The van der Waals surface area contributed by atoms with Gasteiger partial charge in [0.05, 0.1) is 18.5 Å². The normalized spacial score (nSPS) is 10.4. The number of nitrogens with zero attached hydrogens (tertiary/aromatic N) is 1. The fourth-order valence-electron chi connectivity index (χ4n) is 3.10. The number of anilines is 2. The summed E-state index contributed by atoms with van der Waals surface area (Å²) >= 11 is 0. The van der Waals surface area contributed by atoms with Gasteiger partial charge in [0, 0.05) is 16.8 Å². The van der Waals surface area contributed by atoms with E-state index in [0.29, 0.717) is 22.8 Å². The van der Waals surface area contributed by atoms with Gasteiger partial charge in [0.15, 0.2) is 0 Å². The first-order chi connectivity index (χ1) is 15.5. The van der Waals surface area contributed by atoms with Crippen molar-refractivity contribution in [2.45, 2.75) is 0 Å². The van der Waals surface area contributed by atoms with Gasteiger partial charge in [-0.2, -0.15) is 5.10 Å². The van der Waals surface area contributed by atoms with E-state index in [1.165, 1.54) is 25.3 Å².